The molecule has 0 saturated carbocycles. The summed E-state index contributed by atoms with van der Waals surface area (Å²) in [5, 5.41) is 1.73. The van der Waals surface area contributed by atoms with Crippen LogP contribution in [0.15, 0.2) is 51.5 Å². The topological polar surface area (TPSA) is 71.7 Å². The van der Waals surface area contributed by atoms with Gasteiger partial charge in [-0.15, -0.1) is 17.9 Å². The van der Waals surface area contributed by atoms with Crippen molar-refractivity contribution in [3.05, 3.63) is 58.2 Å². The Morgan fingerprint density at radius 2 is 2.17 bits per heavy atom. The van der Waals surface area contributed by atoms with Gasteiger partial charge in [0.2, 0.25) is 0 Å². The van der Waals surface area contributed by atoms with Crippen molar-refractivity contribution in [2.45, 2.75) is 43.5 Å². The maximum absolute atomic E-state index is 13.1. The van der Waals surface area contributed by atoms with E-state index in [1.165, 1.54) is 15.6 Å². The molecular weight excluding hydrogens is 438 g/mol. The number of carbonyl (C=O) groups excluding carboxylic acids is 1. The Bertz CT molecular complexity index is 1280. The van der Waals surface area contributed by atoms with Gasteiger partial charge in [-0.2, -0.15) is 9.30 Å². The van der Waals surface area contributed by atoms with E-state index in [0.717, 1.165) is 32.7 Å². The number of hydrogen-bond donors (Lipinski definition) is 0. The van der Waals surface area contributed by atoms with Crippen LogP contribution in [0.1, 0.15) is 24.0 Å². The van der Waals surface area contributed by atoms with Crippen LogP contribution < -0.4 is 4.80 Å². The molecule has 4 rings (SSSR count). The monoisotopic (exact) mass is 461 g/mol. The number of aryl methyl sites for hydroxylation is 2. The maximum Gasteiger partial charge on any atom is 0.266 e. The molecule has 9 heteroatoms. The van der Waals surface area contributed by atoms with Crippen molar-refractivity contribution < 1.29 is 13.2 Å². The predicted molar refractivity (Wildman–Crippen MR) is 121 cm³/mol. The summed E-state index contributed by atoms with van der Waals surface area (Å²) in [4.78, 5) is 18.1. The average Bonchev–Trinajstić information content (AvgIpc) is 3.43. The van der Waals surface area contributed by atoms with E-state index in [4.69, 9.17) is 0 Å². The Balaban J connectivity index is 1.77. The Morgan fingerprint density at radius 1 is 1.37 bits per heavy atom. The molecular formula is C21H23N3O3S3. The van der Waals surface area contributed by atoms with E-state index in [1.54, 1.807) is 23.6 Å². The number of benzene rings is 1. The molecule has 0 aliphatic carbocycles. The molecule has 1 aliphatic heterocycles. The molecule has 0 spiro atoms. The summed E-state index contributed by atoms with van der Waals surface area (Å²) in [7, 11) is -3.69. The highest BCUT2D eigenvalue weighted by molar-refractivity contribution is 7.91. The molecule has 0 N–H and O–H groups in total. The molecule has 1 atom stereocenters. The summed E-state index contributed by atoms with van der Waals surface area (Å²) in [6, 6.07) is 6.70. The van der Waals surface area contributed by atoms with Gasteiger partial charge in [0.05, 0.1) is 10.2 Å². The van der Waals surface area contributed by atoms with Gasteiger partial charge in [0.1, 0.15) is 10.3 Å². The zero-order valence-corrected chi connectivity index (χ0v) is 19.3. The quantitative estimate of drug-likeness (QED) is 0.542. The van der Waals surface area contributed by atoms with Crippen molar-refractivity contribution in [2.24, 2.45) is 4.99 Å². The fourth-order valence-electron chi connectivity index (χ4n) is 3.87. The smallest absolute Gasteiger partial charge is 0.266 e. The fourth-order valence-corrected chi connectivity index (χ4v) is 7.74. The molecule has 1 saturated heterocycles. The van der Waals surface area contributed by atoms with Gasteiger partial charge in [-0.05, 0) is 55.3 Å². The normalized spacial score (nSPS) is 18.3. The number of thiophene rings is 1. The van der Waals surface area contributed by atoms with Crippen LogP contribution in [0.4, 0.5) is 0 Å². The molecule has 1 amide bonds. The van der Waals surface area contributed by atoms with Crippen LogP contribution in [-0.2, 0) is 21.4 Å². The highest BCUT2D eigenvalue weighted by Gasteiger charge is 2.39. The van der Waals surface area contributed by atoms with E-state index in [2.05, 4.69) is 23.7 Å². The average molecular weight is 462 g/mol. The third-order valence-corrected chi connectivity index (χ3v) is 9.69. The molecule has 1 fully saturated rings. The Hall–Kier alpha value is -2.07. The standard InChI is InChI=1S/C21H23N3O3S3/c1-4-9-23-17-13-14(2)12-15(3)19(17)29-21(23)22-20(25)16-7-5-10-24(16)30(26,27)18-8-6-11-28-18/h4,6,8,11-13,16H,1,5,7,9-10H2,2-3H3. The van der Waals surface area contributed by atoms with E-state index in [-0.39, 0.29) is 4.21 Å². The minimum Gasteiger partial charge on any atom is -0.312 e. The van der Waals surface area contributed by atoms with Crippen molar-refractivity contribution >= 4 is 48.8 Å². The third-order valence-electron chi connectivity index (χ3n) is 5.18. The van der Waals surface area contributed by atoms with E-state index >= 15 is 0 Å². The number of nitrogens with zero attached hydrogens (tertiary/aromatic N) is 3. The highest BCUT2D eigenvalue weighted by atomic mass is 32.2. The minimum atomic E-state index is -3.69. The summed E-state index contributed by atoms with van der Waals surface area (Å²) >= 11 is 2.62. The number of aromatic nitrogens is 1. The minimum absolute atomic E-state index is 0.261. The van der Waals surface area contributed by atoms with Gasteiger partial charge in [0, 0.05) is 13.1 Å². The number of fused-ring (bicyclic) bond motifs is 1. The third kappa shape index (κ3) is 3.71. The van der Waals surface area contributed by atoms with Crippen LogP contribution in [-0.4, -0.2) is 35.8 Å². The van der Waals surface area contributed by atoms with Gasteiger partial charge in [0.25, 0.3) is 15.9 Å². The zero-order valence-electron chi connectivity index (χ0n) is 16.9. The van der Waals surface area contributed by atoms with Crippen LogP contribution >= 0.6 is 22.7 Å². The zero-order chi connectivity index (χ0) is 21.5. The lowest BCUT2D eigenvalue weighted by atomic mass is 10.1. The van der Waals surface area contributed by atoms with Crippen molar-refractivity contribution in [3.63, 3.8) is 0 Å². The molecule has 158 valence electrons. The predicted octanol–water partition coefficient (Wildman–Crippen LogP) is 3.85. The molecule has 30 heavy (non-hydrogen) atoms. The maximum atomic E-state index is 13.1. The van der Waals surface area contributed by atoms with E-state index < -0.39 is 22.0 Å². The number of sulfonamides is 1. The molecule has 0 bridgehead atoms. The van der Waals surface area contributed by atoms with Gasteiger partial charge >= 0.3 is 0 Å². The largest absolute Gasteiger partial charge is 0.312 e. The lowest BCUT2D eigenvalue weighted by Gasteiger charge is -2.20. The summed E-state index contributed by atoms with van der Waals surface area (Å²) in [5.74, 6) is -0.411. The number of hydrogen-bond acceptors (Lipinski definition) is 5. The van der Waals surface area contributed by atoms with Gasteiger partial charge < -0.3 is 4.57 Å². The first-order valence-corrected chi connectivity index (χ1v) is 12.8. The Kier molecular flexibility index (Phi) is 5.80. The van der Waals surface area contributed by atoms with Gasteiger partial charge in [0.15, 0.2) is 4.80 Å². The van der Waals surface area contributed by atoms with Crippen LogP contribution in [0.5, 0.6) is 0 Å². The number of thiazole rings is 1. The second kappa shape index (κ2) is 8.22. The number of rotatable bonds is 5. The number of carbonyl (C=O) groups is 1. The lowest BCUT2D eigenvalue weighted by molar-refractivity contribution is -0.121. The summed E-state index contributed by atoms with van der Waals surface area (Å²) in [6.07, 6.45) is 2.90. The molecule has 1 aliphatic rings. The summed E-state index contributed by atoms with van der Waals surface area (Å²) in [6.45, 7) is 8.77. The first kappa shape index (κ1) is 21.2. The summed E-state index contributed by atoms with van der Waals surface area (Å²) in [5.41, 5.74) is 3.28. The molecule has 6 nitrogen and oxygen atoms in total. The number of allylic oxidation sites excluding steroid dienone is 1. The molecule has 1 unspecified atom stereocenters. The van der Waals surface area contributed by atoms with Gasteiger partial charge in [-0.25, -0.2) is 8.42 Å². The van der Waals surface area contributed by atoms with Crippen LogP contribution in [0, 0.1) is 13.8 Å². The molecule has 2 aromatic heterocycles. The molecule has 3 aromatic rings. The van der Waals surface area contributed by atoms with Crippen molar-refractivity contribution in [1.29, 1.82) is 0 Å². The van der Waals surface area contributed by atoms with E-state index in [1.807, 2.05) is 18.4 Å². The molecule has 0 radical (unpaired) electrons. The lowest BCUT2D eigenvalue weighted by Crippen LogP contribution is -2.40. The van der Waals surface area contributed by atoms with Gasteiger partial charge in [-0.1, -0.05) is 29.5 Å². The van der Waals surface area contributed by atoms with Crippen molar-refractivity contribution in [2.75, 3.05) is 6.54 Å². The van der Waals surface area contributed by atoms with E-state index in [0.29, 0.717) is 30.7 Å². The van der Waals surface area contributed by atoms with E-state index in [9.17, 15) is 13.2 Å². The number of amides is 1. The van der Waals surface area contributed by atoms with Crippen molar-refractivity contribution in [3.8, 4) is 0 Å². The second-order valence-electron chi connectivity index (χ2n) is 7.37. The van der Waals surface area contributed by atoms with Crippen LogP contribution in [0.25, 0.3) is 10.2 Å². The van der Waals surface area contributed by atoms with Crippen LogP contribution in [0.3, 0.4) is 0 Å². The Labute approximate surface area is 183 Å². The second-order valence-corrected chi connectivity index (χ2v) is 11.4. The fraction of sp³-hybridized carbons (Fsp3) is 0.333. The van der Waals surface area contributed by atoms with Gasteiger partial charge in [-0.3, -0.25) is 4.79 Å². The summed E-state index contributed by atoms with van der Waals surface area (Å²) < 4.78 is 30.6. The first-order chi connectivity index (χ1) is 14.3. The van der Waals surface area contributed by atoms with Crippen LogP contribution in [0.2, 0.25) is 0 Å². The first-order valence-electron chi connectivity index (χ1n) is 9.68. The molecule has 1 aromatic carbocycles. The Morgan fingerprint density at radius 3 is 2.87 bits per heavy atom. The SMILES string of the molecule is C=CCn1c(=NC(=O)C2CCCN2S(=O)(=O)c2cccs2)sc2c(C)cc(C)cc21. The van der Waals surface area contributed by atoms with Crippen molar-refractivity contribution in [1.82, 2.24) is 8.87 Å². The molecule has 3 heterocycles. The highest BCUT2D eigenvalue weighted by Crippen LogP contribution is 2.29.